The minimum absolute atomic E-state index is 0.458. The number of likely N-dealkylation sites (N-methyl/N-ethyl adjacent to an activating group) is 1. The zero-order valence-electron chi connectivity index (χ0n) is 8.52. The third kappa shape index (κ3) is 5.98. The first-order valence-corrected chi connectivity index (χ1v) is 5.81. The average molecular weight is 209 g/mol. The fourth-order valence-corrected chi connectivity index (χ4v) is 1.70. The molecule has 0 saturated carbocycles. The van der Waals surface area contributed by atoms with E-state index >= 15 is 0 Å². The first kappa shape index (κ1) is 12.8. The van der Waals surface area contributed by atoms with Gasteiger partial charge in [0.1, 0.15) is 0 Å². The van der Waals surface area contributed by atoms with Gasteiger partial charge in [-0.15, -0.1) is 0 Å². The second-order valence-corrected chi connectivity index (χ2v) is 4.79. The van der Waals surface area contributed by atoms with Crippen molar-refractivity contribution in [2.45, 2.75) is 13.3 Å². The third-order valence-corrected chi connectivity index (χ3v) is 2.71. The monoisotopic (exact) mass is 209 g/mol. The molecule has 0 rings (SSSR count). The van der Waals surface area contributed by atoms with Crippen molar-refractivity contribution in [3.8, 4) is 0 Å². The van der Waals surface area contributed by atoms with Crippen LogP contribution in [-0.4, -0.2) is 51.4 Å². The lowest BCUT2D eigenvalue weighted by molar-refractivity contribution is 0.333. The van der Waals surface area contributed by atoms with Crippen molar-refractivity contribution in [2.75, 3.05) is 33.7 Å². The summed E-state index contributed by atoms with van der Waals surface area (Å²) in [4.78, 5) is 1.92. The van der Waals surface area contributed by atoms with Crippen LogP contribution in [0.4, 0.5) is 0 Å². The molecule has 0 spiro atoms. The molecule has 0 aromatic rings. The molecule has 0 aliphatic heterocycles. The topological polar surface area (TPSA) is 66.6 Å². The van der Waals surface area contributed by atoms with Gasteiger partial charge in [0.05, 0.1) is 0 Å². The molecule has 80 valence electrons. The Morgan fingerprint density at radius 2 is 1.69 bits per heavy atom. The predicted octanol–water partition coefficient (Wildman–Crippen LogP) is -0.536. The first-order chi connectivity index (χ1) is 5.88. The van der Waals surface area contributed by atoms with Crippen LogP contribution < -0.4 is 5.14 Å². The Balaban J connectivity index is 4.12. The Bertz CT molecular complexity index is 226. The Morgan fingerprint density at radius 3 is 2.00 bits per heavy atom. The van der Waals surface area contributed by atoms with E-state index in [-0.39, 0.29) is 0 Å². The van der Waals surface area contributed by atoms with E-state index in [9.17, 15) is 8.42 Å². The molecule has 0 heterocycles. The molecule has 0 bridgehead atoms. The van der Waals surface area contributed by atoms with Crippen LogP contribution in [0.5, 0.6) is 0 Å². The van der Waals surface area contributed by atoms with E-state index in [2.05, 4.69) is 0 Å². The second kappa shape index (κ2) is 5.54. The molecule has 0 aliphatic carbocycles. The minimum atomic E-state index is -3.52. The summed E-state index contributed by atoms with van der Waals surface area (Å²) < 4.78 is 23.3. The van der Waals surface area contributed by atoms with E-state index in [0.717, 1.165) is 6.42 Å². The van der Waals surface area contributed by atoms with Gasteiger partial charge in [-0.3, -0.25) is 0 Å². The molecule has 2 N–H and O–H groups in total. The quantitative estimate of drug-likeness (QED) is 0.639. The summed E-state index contributed by atoms with van der Waals surface area (Å²) >= 11 is 0. The Hall–Kier alpha value is -0.170. The molecule has 0 atom stereocenters. The highest BCUT2D eigenvalue weighted by Gasteiger charge is 2.15. The predicted molar refractivity (Wildman–Crippen MR) is 53.5 cm³/mol. The van der Waals surface area contributed by atoms with E-state index in [1.54, 1.807) is 0 Å². The Morgan fingerprint density at radius 1 is 1.15 bits per heavy atom. The van der Waals surface area contributed by atoms with Crippen molar-refractivity contribution in [3.05, 3.63) is 0 Å². The molecular weight excluding hydrogens is 190 g/mol. The molecule has 5 nitrogen and oxygen atoms in total. The van der Waals surface area contributed by atoms with Gasteiger partial charge in [0, 0.05) is 19.6 Å². The number of nitrogens with zero attached hydrogens (tertiary/aromatic N) is 2. The van der Waals surface area contributed by atoms with Gasteiger partial charge in [-0.05, 0) is 20.5 Å². The van der Waals surface area contributed by atoms with Crippen LogP contribution in [0, 0.1) is 0 Å². The summed E-state index contributed by atoms with van der Waals surface area (Å²) in [7, 11) is 0.276. The summed E-state index contributed by atoms with van der Waals surface area (Å²) in [6.07, 6.45) is 0.782. The van der Waals surface area contributed by atoms with Crippen LogP contribution in [0.25, 0.3) is 0 Å². The van der Waals surface area contributed by atoms with Gasteiger partial charge < -0.3 is 4.90 Å². The van der Waals surface area contributed by atoms with Crippen molar-refractivity contribution >= 4 is 10.2 Å². The number of hydrogen-bond acceptors (Lipinski definition) is 3. The van der Waals surface area contributed by atoms with Gasteiger partial charge in [0.2, 0.25) is 0 Å². The van der Waals surface area contributed by atoms with E-state index < -0.39 is 10.2 Å². The standard InChI is InChI=1S/C7H19N3O2S/c1-4-5-10(13(8,11)12)7-6-9(2)3/h4-7H2,1-3H3,(H2,8,11,12). The summed E-state index contributed by atoms with van der Waals surface area (Å²) in [5.74, 6) is 0. The second-order valence-electron chi connectivity index (χ2n) is 3.25. The molecule has 0 aromatic heterocycles. The van der Waals surface area contributed by atoms with Crippen molar-refractivity contribution < 1.29 is 8.42 Å². The number of hydrogen-bond donors (Lipinski definition) is 1. The molecule has 0 amide bonds. The summed E-state index contributed by atoms with van der Waals surface area (Å²) in [5, 5.41) is 5.03. The molecule has 0 aliphatic rings. The Kier molecular flexibility index (Phi) is 5.46. The largest absolute Gasteiger partial charge is 0.308 e. The lowest BCUT2D eigenvalue weighted by Gasteiger charge is -2.20. The maximum Gasteiger partial charge on any atom is 0.276 e. The highest BCUT2D eigenvalue weighted by Crippen LogP contribution is 1.96. The molecule has 0 radical (unpaired) electrons. The van der Waals surface area contributed by atoms with Gasteiger partial charge in [0.15, 0.2) is 0 Å². The molecule has 6 heteroatoms. The lowest BCUT2D eigenvalue weighted by atomic mass is 10.4. The van der Waals surface area contributed by atoms with Crippen molar-refractivity contribution in [2.24, 2.45) is 5.14 Å². The molecular formula is C7H19N3O2S. The Labute approximate surface area is 80.7 Å². The zero-order valence-corrected chi connectivity index (χ0v) is 9.34. The van der Waals surface area contributed by atoms with Gasteiger partial charge in [-0.1, -0.05) is 6.92 Å². The fourth-order valence-electron chi connectivity index (χ4n) is 0.927. The van der Waals surface area contributed by atoms with Crippen LogP contribution in [0.3, 0.4) is 0 Å². The fraction of sp³-hybridized carbons (Fsp3) is 1.00. The summed E-state index contributed by atoms with van der Waals surface area (Å²) in [6.45, 7) is 3.57. The van der Waals surface area contributed by atoms with Gasteiger partial charge in [-0.2, -0.15) is 12.7 Å². The van der Waals surface area contributed by atoms with Crippen LogP contribution >= 0.6 is 0 Å². The molecule has 13 heavy (non-hydrogen) atoms. The van der Waals surface area contributed by atoms with Crippen LogP contribution in [-0.2, 0) is 10.2 Å². The SMILES string of the molecule is CCCN(CCN(C)C)S(N)(=O)=O. The molecule has 0 saturated heterocycles. The van der Waals surface area contributed by atoms with E-state index in [0.29, 0.717) is 19.6 Å². The van der Waals surface area contributed by atoms with Gasteiger partial charge >= 0.3 is 0 Å². The normalized spacial score (nSPS) is 12.8. The van der Waals surface area contributed by atoms with E-state index in [1.807, 2.05) is 25.9 Å². The van der Waals surface area contributed by atoms with Crippen LogP contribution in [0.15, 0.2) is 0 Å². The zero-order chi connectivity index (χ0) is 10.5. The molecule has 0 fully saturated rings. The number of nitrogens with two attached hydrogens (primary N) is 1. The third-order valence-electron chi connectivity index (χ3n) is 1.63. The highest BCUT2D eigenvalue weighted by molar-refractivity contribution is 7.86. The highest BCUT2D eigenvalue weighted by atomic mass is 32.2. The smallest absolute Gasteiger partial charge is 0.276 e. The average Bonchev–Trinajstić information content (AvgIpc) is 1.95. The first-order valence-electron chi connectivity index (χ1n) is 4.30. The van der Waals surface area contributed by atoms with Crippen LogP contribution in [0.2, 0.25) is 0 Å². The molecule has 0 aromatic carbocycles. The van der Waals surface area contributed by atoms with Crippen molar-refractivity contribution in [1.82, 2.24) is 9.21 Å². The van der Waals surface area contributed by atoms with Gasteiger partial charge in [0.25, 0.3) is 10.2 Å². The minimum Gasteiger partial charge on any atom is -0.308 e. The summed E-state index contributed by atoms with van der Waals surface area (Å²) in [5.41, 5.74) is 0. The maximum absolute atomic E-state index is 11.0. The van der Waals surface area contributed by atoms with Crippen molar-refractivity contribution in [1.29, 1.82) is 0 Å². The van der Waals surface area contributed by atoms with Crippen molar-refractivity contribution in [3.63, 3.8) is 0 Å². The lowest BCUT2D eigenvalue weighted by Crippen LogP contribution is -2.41. The van der Waals surface area contributed by atoms with Gasteiger partial charge in [-0.25, -0.2) is 5.14 Å². The van der Waals surface area contributed by atoms with E-state index in [1.165, 1.54) is 4.31 Å². The van der Waals surface area contributed by atoms with Crippen LogP contribution in [0.1, 0.15) is 13.3 Å². The summed E-state index contributed by atoms with van der Waals surface area (Å²) in [6, 6.07) is 0. The number of rotatable bonds is 6. The molecule has 0 unspecified atom stereocenters. The van der Waals surface area contributed by atoms with E-state index in [4.69, 9.17) is 5.14 Å². The maximum atomic E-state index is 11.0.